The summed E-state index contributed by atoms with van der Waals surface area (Å²) in [5.41, 5.74) is -0.0354. The highest BCUT2D eigenvalue weighted by molar-refractivity contribution is 7.21. The van der Waals surface area contributed by atoms with Gasteiger partial charge in [-0.2, -0.15) is 0 Å². The van der Waals surface area contributed by atoms with Gasteiger partial charge in [-0.05, 0) is 26.8 Å². The molecule has 0 unspecified atom stereocenters. The molecule has 0 saturated heterocycles. The Labute approximate surface area is 141 Å². The molecule has 0 radical (unpaired) electrons. The summed E-state index contributed by atoms with van der Waals surface area (Å²) in [7, 11) is 0. The third kappa shape index (κ3) is 2.76. The van der Waals surface area contributed by atoms with Crippen molar-refractivity contribution in [1.82, 2.24) is 9.55 Å². The van der Waals surface area contributed by atoms with Crippen molar-refractivity contribution in [2.45, 2.75) is 26.9 Å². The summed E-state index contributed by atoms with van der Waals surface area (Å²) in [6.45, 7) is 5.42. The van der Waals surface area contributed by atoms with Crippen LogP contribution < -0.4 is 4.74 Å². The number of aromatic nitrogens is 2. The first-order valence-electron chi connectivity index (χ1n) is 7.30. The molecule has 0 amide bonds. The molecule has 3 rings (SSSR count). The van der Waals surface area contributed by atoms with E-state index >= 15 is 0 Å². The number of thiophene rings is 1. The van der Waals surface area contributed by atoms with Crippen molar-refractivity contribution in [2.24, 2.45) is 0 Å². The topological polar surface area (TPSA) is 87.3 Å². The summed E-state index contributed by atoms with van der Waals surface area (Å²) >= 11 is 1.26. The number of hydrogen-bond donors (Lipinski definition) is 0. The van der Waals surface area contributed by atoms with E-state index in [0.29, 0.717) is 21.8 Å². The zero-order chi connectivity index (χ0) is 17.4. The molecule has 0 aliphatic carbocycles. The maximum Gasteiger partial charge on any atom is 0.277 e. The van der Waals surface area contributed by atoms with Gasteiger partial charge in [0.1, 0.15) is 10.7 Å². The summed E-state index contributed by atoms with van der Waals surface area (Å²) in [6.07, 6.45) is 2.97. The van der Waals surface area contributed by atoms with E-state index in [1.54, 1.807) is 25.4 Å². The summed E-state index contributed by atoms with van der Waals surface area (Å²) in [5, 5.41) is 11.6. The van der Waals surface area contributed by atoms with E-state index in [1.807, 2.05) is 13.8 Å². The SMILES string of the molecule is Cc1nccn1C(=O)c1sc2ccc([N+](=O)[O-])cc2c1OC(C)C. The van der Waals surface area contributed by atoms with Gasteiger partial charge < -0.3 is 4.74 Å². The highest BCUT2D eigenvalue weighted by Gasteiger charge is 2.24. The fourth-order valence-corrected chi connectivity index (χ4v) is 3.43. The molecule has 0 atom stereocenters. The van der Waals surface area contributed by atoms with Gasteiger partial charge in [0.05, 0.1) is 11.0 Å². The predicted molar refractivity (Wildman–Crippen MR) is 90.9 cm³/mol. The van der Waals surface area contributed by atoms with Gasteiger partial charge in [0, 0.05) is 34.6 Å². The van der Waals surface area contributed by atoms with Crippen molar-refractivity contribution >= 4 is 33.0 Å². The van der Waals surface area contributed by atoms with Crippen LogP contribution in [-0.4, -0.2) is 26.5 Å². The van der Waals surface area contributed by atoms with E-state index in [1.165, 1.54) is 28.0 Å². The first kappa shape index (κ1) is 16.1. The predicted octanol–water partition coefficient (Wildman–Crippen LogP) is 3.79. The normalized spacial score (nSPS) is 11.2. The number of non-ortho nitro benzene ring substituents is 1. The Morgan fingerprint density at radius 2 is 2.17 bits per heavy atom. The van der Waals surface area contributed by atoms with E-state index in [9.17, 15) is 14.9 Å². The number of rotatable bonds is 4. The number of carbonyl (C=O) groups excluding carboxylic acids is 1. The number of imidazole rings is 1. The van der Waals surface area contributed by atoms with Crippen LogP contribution in [-0.2, 0) is 0 Å². The van der Waals surface area contributed by atoms with E-state index in [-0.39, 0.29) is 17.7 Å². The van der Waals surface area contributed by atoms with Crippen LogP contribution in [0.1, 0.15) is 29.3 Å². The number of ether oxygens (including phenoxy) is 1. The minimum atomic E-state index is -0.461. The number of hydrogen-bond acceptors (Lipinski definition) is 6. The summed E-state index contributed by atoms with van der Waals surface area (Å²) < 4.78 is 8.02. The van der Waals surface area contributed by atoms with Gasteiger partial charge in [-0.3, -0.25) is 19.5 Å². The third-order valence-corrected chi connectivity index (χ3v) is 4.57. The molecule has 3 aromatic rings. The molecule has 0 bridgehead atoms. The van der Waals surface area contributed by atoms with Gasteiger partial charge in [0.2, 0.25) is 0 Å². The van der Waals surface area contributed by atoms with Gasteiger partial charge in [0.25, 0.3) is 11.6 Å². The lowest BCUT2D eigenvalue weighted by atomic mass is 10.2. The van der Waals surface area contributed by atoms with Crippen LogP contribution in [0.2, 0.25) is 0 Å². The van der Waals surface area contributed by atoms with Crippen LogP contribution >= 0.6 is 11.3 Å². The molecule has 24 heavy (non-hydrogen) atoms. The molecule has 124 valence electrons. The van der Waals surface area contributed by atoms with Crippen LogP contribution in [0.3, 0.4) is 0 Å². The molecule has 0 fully saturated rings. The zero-order valence-corrected chi connectivity index (χ0v) is 14.2. The second-order valence-corrected chi connectivity index (χ2v) is 6.57. The van der Waals surface area contributed by atoms with E-state index in [2.05, 4.69) is 4.98 Å². The Balaban J connectivity index is 2.21. The fraction of sp³-hybridized carbons (Fsp3) is 0.250. The summed E-state index contributed by atoms with van der Waals surface area (Å²) in [5.74, 6) is 0.690. The molecule has 0 aliphatic rings. The Morgan fingerprint density at radius 1 is 1.42 bits per heavy atom. The Morgan fingerprint density at radius 3 is 2.75 bits per heavy atom. The maximum atomic E-state index is 12.8. The average Bonchev–Trinajstić information content (AvgIpc) is 3.10. The van der Waals surface area contributed by atoms with Gasteiger partial charge >= 0.3 is 0 Å². The maximum absolute atomic E-state index is 12.8. The largest absolute Gasteiger partial charge is 0.489 e. The van der Waals surface area contributed by atoms with E-state index in [4.69, 9.17) is 4.74 Å². The lowest BCUT2D eigenvalue weighted by molar-refractivity contribution is -0.384. The standard InChI is InChI=1S/C16H15N3O4S/c1-9(2)23-14-12-8-11(19(21)22)4-5-13(12)24-15(14)16(20)18-7-6-17-10(18)3/h4-9H,1-3H3. The van der Waals surface area contributed by atoms with Crippen LogP contribution in [0, 0.1) is 17.0 Å². The fourth-order valence-electron chi connectivity index (χ4n) is 2.37. The second kappa shape index (κ2) is 6.04. The monoisotopic (exact) mass is 345 g/mol. The van der Waals surface area contributed by atoms with Crippen LogP contribution in [0.4, 0.5) is 5.69 Å². The smallest absolute Gasteiger partial charge is 0.277 e. The Hall–Kier alpha value is -2.74. The van der Waals surface area contributed by atoms with Crippen LogP contribution in [0.15, 0.2) is 30.6 Å². The molecule has 8 heteroatoms. The van der Waals surface area contributed by atoms with Gasteiger partial charge in [-0.25, -0.2) is 4.98 Å². The molecule has 0 aliphatic heterocycles. The second-order valence-electron chi connectivity index (χ2n) is 5.51. The number of fused-ring (bicyclic) bond motifs is 1. The highest BCUT2D eigenvalue weighted by Crippen LogP contribution is 2.40. The number of nitro groups is 1. The van der Waals surface area contributed by atoms with Crippen LogP contribution in [0.25, 0.3) is 10.1 Å². The van der Waals surface area contributed by atoms with Crippen molar-refractivity contribution in [3.05, 3.63) is 51.4 Å². The van der Waals surface area contributed by atoms with Crippen molar-refractivity contribution in [1.29, 1.82) is 0 Å². The van der Waals surface area contributed by atoms with E-state index < -0.39 is 4.92 Å². The van der Waals surface area contributed by atoms with Crippen molar-refractivity contribution in [3.63, 3.8) is 0 Å². The van der Waals surface area contributed by atoms with Crippen LogP contribution in [0.5, 0.6) is 5.75 Å². The summed E-state index contributed by atoms with van der Waals surface area (Å²) in [4.78, 5) is 27.9. The minimum Gasteiger partial charge on any atom is -0.489 e. The first-order valence-corrected chi connectivity index (χ1v) is 8.12. The quantitative estimate of drug-likeness (QED) is 0.530. The molecule has 0 spiro atoms. The number of carbonyl (C=O) groups is 1. The number of nitrogens with zero attached hydrogens (tertiary/aromatic N) is 3. The third-order valence-electron chi connectivity index (χ3n) is 3.43. The first-order chi connectivity index (χ1) is 11.4. The Bertz CT molecular complexity index is 942. The molecule has 7 nitrogen and oxygen atoms in total. The molecule has 0 N–H and O–H groups in total. The van der Waals surface area contributed by atoms with Crippen molar-refractivity contribution in [3.8, 4) is 5.75 Å². The molecular weight excluding hydrogens is 330 g/mol. The lowest BCUT2D eigenvalue weighted by Gasteiger charge is -2.11. The van der Waals surface area contributed by atoms with Crippen molar-refractivity contribution < 1.29 is 14.5 Å². The molecular formula is C16H15N3O4S. The van der Waals surface area contributed by atoms with Gasteiger partial charge in [-0.1, -0.05) is 0 Å². The zero-order valence-electron chi connectivity index (χ0n) is 13.3. The highest BCUT2D eigenvalue weighted by atomic mass is 32.1. The summed E-state index contributed by atoms with van der Waals surface area (Å²) in [6, 6.07) is 4.51. The molecule has 1 aromatic carbocycles. The van der Waals surface area contributed by atoms with E-state index in [0.717, 1.165) is 4.70 Å². The lowest BCUT2D eigenvalue weighted by Crippen LogP contribution is -2.14. The number of benzene rings is 1. The minimum absolute atomic E-state index is 0.0354. The number of aryl methyl sites for hydroxylation is 1. The van der Waals surface area contributed by atoms with Crippen molar-refractivity contribution in [2.75, 3.05) is 0 Å². The molecule has 2 heterocycles. The average molecular weight is 345 g/mol. The van der Waals surface area contributed by atoms with Gasteiger partial charge in [-0.15, -0.1) is 11.3 Å². The molecule has 0 saturated carbocycles. The Kier molecular flexibility index (Phi) is 4.06. The van der Waals surface area contributed by atoms with Gasteiger partial charge in [0.15, 0.2) is 5.75 Å². The molecule has 2 aromatic heterocycles. The number of nitro benzene ring substituents is 1.